The standard InChI is InChI=1S/C14H9BrF2O2S/c15-9-1-4-11(5-2-9)20(19)8-14(18)12-6-3-10(16)7-13(12)17/h1-7H,8H2. The number of rotatable bonds is 4. The molecule has 0 radical (unpaired) electrons. The van der Waals surface area contributed by atoms with Crippen LogP contribution in [0.4, 0.5) is 8.78 Å². The van der Waals surface area contributed by atoms with Crippen LogP contribution in [0.25, 0.3) is 0 Å². The maximum Gasteiger partial charge on any atom is 0.178 e. The minimum absolute atomic E-state index is 0.253. The van der Waals surface area contributed by atoms with Gasteiger partial charge in [0.1, 0.15) is 11.6 Å². The van der Waals surface area contributed by atoms with Gasteiger partial charge in [-0.05, 0) is 36.4 Å². The molecule has 0 saturated heterocycles. The molecule has 104 valence electrons. The summed E-state index contributed by atoms with van der Waals surface area (Å²) in [6.07, 6.45) is 0. The number of carbonyl (C=O) groups is 1. The Morgan fingerprint density at radius 1 is 1.10 bits per heavy atom. The SMILES string of the molecule is O=C(CS(=O)c1ccc(Br)cc1)c1ccc(F)cc1F. The smallest absolute Gasteiger partial charge is 0.178 e. The second-order valence-electron chi connectivity index (χ2n) is 3.99. The van der Waals surface area contributed by atoms with Crippen molar-refractivity contribution in [1.82, 2.24) is 0 Å². The topological polar surface area (TPSA) is 34.1 Å². The maximum atomic E-state index is 13.4. The molecule has 0 amide bonds. The van der Waals surface area contributed by atoms with Gasteiger partial charge in [0.05, 0.1) is 22.1 Å². The van der Waals surface area contributed by atoms with Gasteiger partial charge in [0.25, 0.3) is 0 Å². The lowest BCUT2D eigenvalue weighted by Gasteiger charge is -2.04. The van der Waals surface area contributed by atoms with E-state index in [2.05, 4.69) is 15.9 Å². The molecule has 2 nitrogen and oxygen atoms in total. The van der Waals surface area contributed by atoms with E-state index in [1.54, 1.807) is 24.3 Å². The first-order valence-electron chi connectivity index (χ1n) is 5.59. The van der Waals surface area contributed by atoms with E-state index in [1.165, 1.54) is 0 Å². The van der Waals surface area contributed by atoms with Crippen molar-refractivity contribution in [3.8, 4) is 0 Å². The van der Waals surface area contributed by atoms with Crippen molar-refractivity contribution < 1.29 is 17.8 Å². The molecule has 0 heterocycles. The molecule has 0 aliphatic rings. The van der Waals surface area contributed by atoms with Gasteiger partial charge in [0, 0.05) is 15.4 Å². The number of hydrogen-bond acceptors (Lipinski definition) is 2. The number of halogens is 3. The van der Waals surface area contributed by atoms with Gasteiger partial charge in [0.15, 0.2) is 5.78 Å². The van der Waals surface area contributed by atoms with E-state index >= 15 is 0 Å². The van der Waals surface area contributed by atoms with Crippen LogP contribution in [-0.2, 0) is 10.8 Å². The lowest BCUT2D eigenvalue weighted by Crippen LogP contribution is -2.13. The fourth-order valence-electron chi connectivity index (χ4n) is 1.58. The van der Waals surface area contributed by atoms with Crippen LogP contribution >= 0.6 is 15.9 Å². The van der Waals surface area contributed by atoms with Crippen molar-refractivity contribution in [2.75, 3.05) is 5.75 Å². The van der Waals surface area contributed by atoms with Crippen LogP contribution in [0, 0.1) is 11.6 Å². The third kappa shape index (κ3) is 3.58. The number of carbonyl (C=O) groups excluding carboxylic acids is 1. The Balaban J connectivity index is 2.15. The van der Waals surface area contributed by atoms with Gasteiger partial charge < -0.3 is 0 Å². The highest BCUT2D eigenvalue weighted by molar-refractivity contribution is 9.10. The van der Waals surface area contributed by atoms with Gasteiger partial charge in [-0.2, -0.15) is 0 Å². The van der Waals surface area contributed by atoms with Crippen LogP contribution in [0.1, 0.15) is 10.4 Å². The Morgan fingerprint density at radius 2 is 1.75 bits per heavy atom. The molecule has 1 atom stereocenters. The maximum absolute atomic E-state index is 13.4. The van der Waals surface area contributed by atoms with Crippen LogP contribution in [0.15, 0.2) is 51.8 Å². The van der Waals surface area contributed by atoms with E-state index in [9.17, 15) is 17.8 Å². The van der Waals surface area contributed by atoms with Gasteiger partial charge in [0.2, 0.25) is 0 Å². The highest BCUT2D eigenvalue weighted by atomic mass is 79.9. The fraction of sp³-hybridized carbons (Fsp3) is 0.0714. The molecule has 20 heavy (non-hydrogen) atoms. The first-order chi connectivity index (χ1) is 9.47. The van der Waals surface area contributed by atoms with Crippen LogP contribution in [0.3, 0.4) is 0 Å². The second-order valence-corrected chi connectivity index (χ2v) is 6.36. The van der Waals surface area contributed by atoms with Crippen molar-refractivity contribution in [3.05, 3.63) is 64.1 Å². The third-order valence-corrected chi connectivity index (χ3v) is 4.42. The zero-order chi connectivity index (χ0) is 14.7. The zero-order valence-corrected chi connectivity index (χ0v) is 12.5. The molecule has 6 heteroatoms. The number of ketones is 1. The van der Waals surface area contributed by atoms with E-state index in [0.717, 1.165) is 16.6 Å². The zero-order valence-electron chi connectivity index (χ0n) is 10.1. The molecule has 0 N–H and O–H groups in total. The molecule has 0 saturated carbocycles. The molecule has 0 aliphatic heterocycles. The summed E-state index contributed by atoms with van der Waals surface area (Å²) in [5, 5.41) is 0. The van der Waals surface area contributed by atoms with Crippen LogP contribution in [0.2, 0.25) is 0 Å². The second kappa shape index (κ2) is 6.37. The van der Waals surface area contributed by atoms with E-state index in [0.29, 0.717) is 11.0 Å². The Hall–Kier alpha value is -1.40. The molecule has 0 aromatic heterocycles. The molecular weight excluding hydrogens is 350 g/mol. The molecule has 2 aromatic rings. The predicted octanol–water partition coefficient (Wildman–Crippen LogP) is 3.72. The van der Waals surface area contributed by atoms with Crippen molar-refractivity contribution in [3.63, 3.8) is 0 Å². The molecule has 1 unspecified atom stereocenters. The summed E-state index contributed by atoms with van der Waals surface area (Å²) in [6.45, 7) is 0. The highest BCUT2D eigenvalue weighted by Gasteiger charge is 2.16. The van der Waals surface area contributed by atoms with Gasteiger partial charge in [-0.25, -0.2) is 8.78 Å². The summed E-state index contributed by atoms with van der Waals surface area (Å²) in [5.41, 5.74) is -0.253. The Kier molecular flexibility index (Phi) is 4.77. The van der Waals surface area contributed by atoms with Crippen molar-refractivity contribution in [1.29, 1.82) is 0 Å². The van der Waals surface area contributed by atoms with Gasteiger partial charge in [-0.15, -0.1) is 0 Å². The number of hydrogen-bond donors (Lipinski definition) is 0. The third-order valence-electron chi connectivity index (χ3n) is 2.57. The summed E-state index contributed by atoms with van der Waals surface area (Å²) >= 11 is 3.25. The van der Waals surface area contributed by atoms with E-state index in [1.807, 2.05) is 0 Å². The largest absolute Gasteiger partial charge is 0.293 e. The lowest BCUT2D eigenvalue weighted by molar-refractivity contribution is 0.101. The number of Topliss-reactive ketones (excluding diaryl/α,β-unsaturated/α-hetero) is 1. The molecule has 0 bridgehead atoms. The molecule has 0 aliphatic carbocycles. The monoisotopic (exact) mass is 358 g/mol. The first kappa shape index (κ1) is 15.0. The lowest BCUT2D eigenvalue weighted by atomic mass is 10.1. The predicted molar refractivity (Wildman–Crippen MR) is 76.1 cm³/mol. The van der Waals surface area contributed by atoms with Gasteiger partial charge in [-0.3, -0.25) is 9.00 Å². The minimum Gasteiger partial charge on any atom is -0.293 e. The van der Waals surface area contributed by atoms with Gasteiger partial charge in [-0.1, -0.05) is 15.9 Å². The van der Waals surface area contributed by atoms with Crippen LogP contribution in [-0.4, -0.2) is 15.7 Å². The number of benzene rings is 2. The Bertz CT molecular complexity index is 671. The summed E-state index contributed by atoms with van der Waals surface area (Å²) in [5.74, 6) is -2.66. The summed E-state index contributed by atoms with van der Waals surface area (Å²) in [7, 11) is -1.57. The normalized spacial score (nSPS) is 12.2. The molecular formula is C14H9BrF2O2S. The minimum atomic E-state index is -1.57. The summed E-state index contributed by atoms with van der Waals surface area (Å²) in [6, 6.07) is 9.34. The Labute approximate surface area is 125 Å². The fourth-order valence-corrected chi connectivity index (χ4v) is 2.85. The van der Waals surface area contributed by atoms with E-state index < -0.39 is 28.2 Å². The first-order valence-corrected chi connectivity index (χ1v) is 7.71. The van der Waals surface area contributed by atoms with E-state index in [4.69, 9.17) is 0 Å². The van der Waals surface area contributed by atoms with Crippen LogP contribution < -0.4 is 0 Å². The molecule has 0 spiro atoms. The van der Waals surface area contributed by atoms with Crippen molar-refractivity contribution in [2.24, 2.45) is 0 Å². The average Bonchev–Trinajstić information content (AvgIpc) is 2.39. The molecule has 2 rings (SSSR count). The highest BCUT2D eigenvalue weighted by Crippen LogP contribution is 2.16. The Morgan fingerprint density at radius 3 is 2.35 bits per heavy atom. The molecule has 2 aromatic carbocycles. The van der Waals surface area contributed by atoms with Crippen molar-refractivity contribution >= 4 is 32.5 Å². The van der Waals surface area contributed by atoms with E-state index in [-0.39, 0.29) is 11.3 Å². The molecule has 0 fully saturated rings. The summed E-state index contributed by atoms with van der Waals surface area (Å²) < 4.78 is 39.0. The summed E-state index contributed by atoms with van der Waals surface area (Å²) in [4.78, 5) is 12.3. The van der Waals surface area contributed by atoms with Crippen LogP contribution in [0.5, 0.6) is 0 Å². The van der Waals surface area contributed by atoms with Gasteiger partial charge >= 0.3 is 0 Å². The average molecular weight is 359 g/mol. The quantitative estimate of drug-likeness (QED) is 0.780. The van der Waals surface area contributed by atoms with Crippen molar-refractivity contribution in [2.45, 2.75) is 4.90 Å².